The van der Waals surface area contributed by atoms with Crippen molar-refractivity contribution in [3.05, 3.63) is 82.5 Å². The molecule has 0 bridgehead atoms. The second-order valence-corrected chi connectivity index (χ2v) is 7.72. The Balaban J connectivity index is 1.47. The molecule has 2 aromatic carbocycles. The van der Waals surface area contributed by atoms with E-state index in [0.717, 1.165) is 28.1 Å². The Morgan fingerprint density at radius 2 is 1.73 bits per heavy atom. The number of carbonyl (C=O) groups is 2. The molecule has 8 heteroatoms. The van der Waals surface area contributed by atoms with Crippen molar-refractivity contribution in [2.75, 3.05) is 13.1 Å². The van der Waals surface area contributed by atoms with Crippen LogP contribution in [0.4, 0.5) is 4.39 Å². The van der Waals surface area contributed by atoms with Crippen molar-refractivity contribution in [1.82, 2.24) is 15.4 Å². The highest BCUT2D eigenvalue weighted by Gasteiger charge is 2.16. The third kappa shape index (κ3) is 6.90. The maximum atomic E-state index is 13.0. The van der Waals surface area contributed by atoms with Crippen molar-refractivity contribution in [1.29, 1.82) is 0 Å². The standard InChI is InChI=1S/C25H28FN3O4/c1-4-29(15-24(30)27-14-20-5-9-21(26)10-6-20)25(31)13-19-7-11-22(12-8-19)32-16-23-17(2)28-33-18(23)3/h5-12H,4,13-16H2,1-3H3,(H,27,30). The van der Waals surface area contributed by atoms with Crippen LogP contribution >= 0.6 is 0 Å². The van der Waals surface area contributed by atoms with Gasteiger partial charge in [0.25, 0.3) is 0 Å². The molecule has 0 atom stereocenters. The van der Waals surface area contributed by atoms with Crippen LogP contribution in [-0.2, 0) is 29.2 Å². The Labute approximate surface area is 192 Å². The number of nitrogens with one attached hydrogen (secondary N) is 1. The number of nitrogens with zero attached hydrogens (tertiary/aromatic N) is 2. The van der Waals surface area contributed by atoms with E-state index in [1.165, 1.54) is 17.0 Å². The number of halogens is 1. The van der Waals surface area contributed by atoms with Crippen LogP contribution in [0.5, 0.6) is 5.75 Å². The van der Waals surface area contributed by atoms with Crippen LogP contribution in [0, 0.1) is 19.7 Å². The quantitative estimate of drug-likeness (QED) is 0.506. The molecule has 1 N–H and O–H groups in total. The third-order valence-electron chi connectivity index (χ3n) is 5.31. The lowest BCUT2D eigenvalue weighted by atomic mass is 10.1. The maximum Gasteiger partial charge on any atom is 0.239 e. The molecule has 0 saturated heterocycles. The van der Waals surface area contributed by atoms with Crippen molar-refractivity contribution >= 4 is 11.8 Å². The van der Waals surface area contributed by atoms with E-state index in [-0.39, 0.29) is 37.1 Å². The van der Waals surface area contributed by atoms with Gasteiger partial charge < -0.3 is 19.5 Å². The molecule has 1 heterocycles. The lowest BCUT2D eigenvalue weighted by molar-refractivity contribution is -0.135. The Morgan fingerprint density at radius 1 is 1.06 bits per heavy atom. The predicted molar refractivity (Wildman–Crippen MR) is 121 cm³/mol. The van der Waals surface area contributed by atoms with Gasteiger partial charge in [0, 0.05) is 13.1 Å². The summed E-state index contributed by atoms with van der Waals surface area (Å²) >= 11 is 0. The number of ether oxygens (including phenoxy) is 1. The fourth-order valence-corrected chi connectivity index (χ4v) is 3.26. The number of aryl methyl sites for hydroxylation is 2. The molecule has 3 aromatic rings. The van der Waals surface area contributed by atoms with E-state index in [4.69, 9.17) is 9.26 Å². The summed E-state index contributed by atoms with van der Waals surface area (Å²) in [4.78, 5) is 26.5. The van der Waals surface area contributed by atoms with Crippen molar-refractivity contribution < 1.29 is 23.2 Å². The molecule has 0 saturated carbocycles. The van der Waals surface area contributed by atoms with Crippen molar-refractivity contribution in [3.8, 4) is 5.75 Å². The molecule has 3 rings (SSSR count). The Morgan fingerprint density at radius 3 is 2.33 bits per heavy atom. The van der Waals surface area contributed by atoms with Crippen LogP contribution < -0.4 is 10.1 Å². The van der Waals surface area contributed by atoms with Crippen LogP contribution in [0.2, 0.25) is 0 Å². The van der Waals surface area contributed by atoms with Gasteiger partial charge in [0.2, 0.25) is 11.8 Å². The molecule has 0 spiro atoms. The van der Waals surface area contributed by atoms with Crippen LogP contribution in [0.3, 0.4) is 0 Å². The Hall–Kier alpha value is -3.68. The molecule has 0 aliphatic heterocycles. The summed E-state index contributed by atoms with van der Waals surface area (Å²) in [6.07, 6.45) is 0.184. The summed E-state index contributed by atoms with van der Waals surface area (Å²) in [5.74, 6) is 0.680. The minimum absolute atomic E-state index is 0.0326. The first-order valence-electron chi connectivity index (χ1n) is 10.8. The molecule has 0 aliphatic rings. The fraction of sp³-hybridized carbons (Fsp3) is 0.320. The minimum Gasteiger partial charge on any atom is -0.489 e. The van der Waals surface area contributed by atoms with Crippen LogP contribution in [0.15, 0.2) is 53.1 Å². The zero-order valence-electron chi connectivity index (χ0n) is 19.1. The van der Waals surface area contributed by atoms with Crippen molar-refractivity contribution in [2.24, 2.45) is 0 Å². The second-order valence-electron chi connectivity index (χ2n) is 7.72. The zero-order valence-corrected chi connectivity index (χ0v) is 19.1. The Bertz CT molecular complexity index is 1060. The molecule has 1 aromatic heterocycles. The average Bonchev–Trinajstić information content (AvgIpc) is 3.13. The number of amides is 2. The lowest BCUT2D eigenvalue weighted by Crippen LogP contribution is -2.41. The predicted octanol–water partition coefficient (Wildman–Crippen LogP) is 3.72. The molecule has 0 radical (unpaired) electrons. The van der Waals surface area contributed by atoms with Crippen molar-refractivity contribution in [3.63, 3.8) is 0 Å². The van der Waals surface area contributed by atoms with E-state index >= 15 is 0 Å². The number of hydrogen-bond donors (Lipinski definition) is 1. The summed E-state index contributed by atoms with van der Waals surface area (Å²) in [7, 11) is 0. The van der Waals surface area contributed by atoms with Gasteiger partial charge in [-0.1, -0.05) is 29.4 Å². The van der Waals surface area contributed by atoms with Gasteiger partial charge in [0.15, 0.2) is 0 Å². The van der Waals surface area contributed by atoms with E-state index in [2.05, 4.69) is 10.5 Å². The van der Waals surface area contributed by atoms with Gasteiger partial charge in [0.05, 0.1) is 24.2 Å². The number of rotatable bonds is 10. The smallest absolute Gasteiger partial charge is 0.239 e. The largest absolute Gasteiger partial charge is 0.489 e. The van der Waals surface area contributed by atoms with E-state index in [1.54, 1.807) is 12.1 Å². The molecule has 0 fully saturated rings. The maximum absolute atomic E-state index is 13.0. The highest BCUT2D eigenvalue weighted by Crippen LogP contribution is 2.18. The number of benzene rings is 2. The number of carbonyl (C=O) groups excluding carboxylic acids is 2. The van der Waals surface area contributed by atoms with Gasteiger partial charge in [-0.25, -0.2) is 4.39 Å². The molecule has 0 unspecified atom stereocenters. The van der Waals surface area contributed by atoms with E-state index in [9.17, 15) is 14.0 Å². The fourth-order valence-electron chi connectivity index (χ4n) is 3.26. The molecule has 2 amide bonds. The first kappa shape index (κ1) is 24.0. The highest BCUT2D eigenvalue weighted by atomic mass is 19.1. The van der Waals surface area contributed by atoms with Gasteiger partial charge in [-0.05, 0) is 56.2 Å². The van der Waals surface area contributed by atoms with Crippen LogP contribution in [0.25, 0.3) is 0 Å². The molecule has 7 nitrogen and oxygen atoms in total. The van der Waals surface area contributed by atoms with Gasteiger partial charge in [-0.3, -0.25) is 9.59 Å². The van der Waals surface area contributed by atoms with E-state index in [1.807, 2.05) is 45.0 Å². The zero-order chi connectivity index (χ0) is 23.8. The third-order valence-corrected chi connectivity index (χ3v) is 5.31. The van der Waals surface area contributed by atoms with E-state index in [0.29, 0.717) is 18.9 Å². The minimum atomic E-state index is -0.326. The monoisotopic (exact) mass is 453 g/mol. The Kier molecular flexibility index (Phi) is 8.18. The summed E-state index contributed by atoms with van der Waals surface area (Å²) in [6, 6.07) is 13.2. The normalized spacial score (nSPS) is 10.7. The second kappa shape index (κ2) is 11.3. The molecule has 0 aliphatic carbocycles. The molecular formula is C25H28FN3O4. The summed E-state index contributed by atoms with van der Waals surface area (Å²) in [5.41, 5.74) is 3.34. The van der Waals surface area contributed by atoms with Crippen molar-refractivity contribution in [2.45, 2.75) is 40.3 Å². The van der Waals surface area contributed by atoms with Gasteiger partial charge in [0.1, 0.15) is 23.9 Å². The van der Waals surface area contributed by atoms with E-state index < -0.39 is 0 Å². The van der Waals surface area contributed by atoms with Crippen LogP contribution in [-0.4, -0.2) is 35.0 Å². The van der Waals surface area contributed by atoms with Gasteiger partial charge in [-0.2, -0.15) is 0 Å². The molecule has 174 valence electrons. The number of hydrogen-bond acceptors (Lipinski definition) is 5. The van der Waals surface area contributed by atoms with Crippen LogP contribution in [0.1, 0.15) is 35.1 Å². The molecule has 33 heavy (non-hydrogen) atoms. The topological polar surface area (TPSA) is 84.7 Å². The van der Waals surface area contributed by atoms with Gasteiger partial charge in [-0.15, -0.1) is 0 Å². The molecular weight excluding hydrogens is 425 g/mol. The average molecular weight is 454 g/mol. The SMILES string of the molecule is CCN(CC(=O)NCc1ccc(F)cc1)C(=O)Cc1ccc(OCc2c(C)noc2C)cc1. The lowest BCUT2D eigenvalue weighted by Gasteiger charge is -2.20. The summed E-state index contributed by atoms with van der Waals surface area (Å²) < 4.78 is 23.9. The highest BCUT2D eigenvalue weighted by molar-refractivity contribution is 5.85. The first-order valence-corrected chi connectivity index (χ1v) is 10.8. The van der Waals surface area contributed by atoms with Gasteiger partial charge >= 0.3 is 0 Å². The summed E-state index contributed by atoms with van der Waals surface area (Å²) in [5, 5.41) is 6.67. The number of aromatic nitrogens is 1. The summed E-state index contributed by atoms with van der Waals surface area (Å²) in [6.45, 7) is 6.56. The number of likely N-dealkylation sites (N-methyl/N-ethyl adjacent to an activating group) is 1. The first-order chi connectivity index (χ1) is 15.9.